The average Bonchev–Trinajstić information content (AvgIpc) is 2.76. The van der Waals surface area contributed by atoms with E-state index in [1.165, 1.54) is 4.90 Å². The largest absolute Gasteiger partial charge is 0.496 e. The zero-order valence-electron chi connectivity index (χ0n) is 16.2. The first-order chi connectivity index (χ1) is 14.2. The molecule has 2 N–H and O–H groups in total. The average molecular weight is 392 g/mol. The predicted octanol–water partition coefficient (Wildman–Crippen LogP) is 4.51. The Hall–Kier alpha value is -3.51. The molecule has 6 heteroatoms. The van der Waals surface area contributed by atoms with E-state index in [9.17, 15) is 9.90 Å². The molecule has 3 rings (SSSR count). The molecule has 0 aliphatic rings. The standard InChI is InChI=1S/C23H24N2O4/c1-28-21-13-7-5-9-18(21)17-25(15-16-26)23(27)24-20-12-6-8-14-22(20)29-19-10-3-2-4-11-19/h2-14,26H,15-17H2,1H3,(H,24,27). The van der Waals surface area contributed by atoms with E-state index in [0.717, 1.165) is 5.56 Å². The number of aliphatic hydroxyl groups excluding tert-OH is 1. The first kappa shape index (κ1) is 20.2. The van der Waals surface area contributed by atoms with Crippen molar-refractivity contribution in [1.82, 2.24) is 4.90 Å². The molecule has 0 aromatic heterocycles. The van der Waals surface area contributed by atoms with Gasteiger partial charge >= 0.3 is 6.03 Å². The molecule has 29 heavy (non-hydrogen) atoms. The Morgan fingerprint density at radius 1 is 0.931 bits per heavy atom. The van der Waals surface area contributed by atoms with E-state index in [2.05, 4.69) is 5.32 Å². The van der Waals surface area contributed by atoms with Crippen LogP contribution in [0.1, 0.15) is 5.56 Å². The summed E-state index contributed by atoms with van der Waals surface area (Å²) in [7, 11) is 1.59. The Kier molecular flexibility index (Phi) is 7.08. The Bertz CT molecular complexity index is 931. The van der Waals surface area contributed by atoms with Gasteiger partial charge in [-0.05, 0) is 30.3 Å². The first-order valence-corrected chi connectivity index (χ1v) is 9.32. The summed E-state index contributed by atoms with van der Waals surface area (Å²) < 4.78 is 11.3. The van der Waals surface area contributed by atoms with E-state index < -0.39 is 0 Å². The number of urea groups is 1. The number of anilines is 1. The fourth-order valence-corrected chi connectivity index (χ4v) is 2.88. The van der Waals surface area contributed by atoms with Gasteiger partial charge in [-0.1, -0.05) is 48.5 Å². The van der Waals surface area contributed by atoms with Crippen LogP contribution < -0.4 is 14.8 Å². The van der Waals surface area contributed by atoms with E-state index in [0.29, 0.717) is 29.5 Å². The van der Waals surface area contributed by atoms with E-state index in [1.54, 1.807) is 19.2 Å². The number of nitrogens with one attached hydrogen (secondary N) is 1. The van der Waals surface area contributed by atoms with Gasteiger partial charge in [-0.3, -0.25) is 0 Å². The lowest BCUT2D eigenvalue weighted by atomic mass is 10.2. The van der Waals surface area contributed by atoms with Crippen molar-refractivity contribution < 1.29 is 19.4 Å². The fourth-order valence-electron chi connectivity index (χ4n) is 2.88. The number of carbonyl (C=O) groups is 1. The molecular weight excluding hydrogens is 368 g/mol. The molecule has 0 radical (unpaired) electrons. The van der Waals surface area contributed by atoms with Crippen molar-refractivity contribution in [2.75, 3.05) is 25.6 Å². The minimum Gasteiger partial charge on any atom is -0.496 e. The fraction of sp³-hybridized carbons (Fsp3) is 0.174. The molecule has 0 aliphatic heterocycles. The predicted molar refractivity (Wildman–Crippen MR) is 112 cm³/mol. The quantitative estimate of drug-likeness (QED) is 0.592. The molecule has 0 spiro atoms. The van der Waals surface area contributed by atoms with Gasteiger partial charge < -0.3 is 24.8 Å². The Balaban J connectivity index is 1.76. The smallest absolute Gasteiger partial charge is 0.322 e. The molecule has 0 atom stereocenters. The summed E-state index contributed by atoms with van der Waals surface area (Å²) in [6.07, 6.45) is 0. The Morgan fingerprint density at radius 3 is 2.31 bits per heavy atom. The van der Waals surface area contributed by atoms with E-state index in [-0.39, 0.29) is 19.2 Å². The van der Waals surface area contributed by atoms with E-state index in [4.69, 9.17) is 9.47 Å². The monoisotopic (exact) mass is 392 g/mol. The van der Waals surface area contributed by atoms with Crippen LogP contribution in [-0.4, -0.2) is 36.3 Å². The second-order valence-electron chi connectivity index (χ2n) is 6.30. The van der Waals surface area contributed by atoms with Gasteiger partial charge in [-0.15, -0.1) is 0 Å². The summed E-state index contributed by atoms with van der Waals surface area (Å²) >= 11 is 0. The van der Waals surface area contributed by atoms with Crippen molar-refractivity contribution in [3.63, 3.8) is 0 Å². The molecule has 6 nitrogen and oxygen atoms in total. The van der Waals surface area contributed by atoms with Gasteiger partial charge in [-0.2, -0.15) is 0 Å². The van der Waals surface area contributed by atoms with Crippen LogP contribution in [-0.2, 0) is 6.54 Å². The van der Waals surface area contributed by atoms with Crippen LogP contribution in [0, 0.1) is 0 Å². The number of rotatable bonds is 8. The number of hydrogen-bond donors (Lipinski definition) is 2. The van der Waals surface area contributed by atoms with Gasteiger partial charge in [0, 0.05) is 12.1 Å². The third-order valence-corrected chi connectivity index (χ3v) is 4.31. The molecule has 3 aromatic rings. The molecule has 0 fully saturated rings. The lowest BCUT2D eigenvalue weighted by Crippen LogP contribution is -2.36. The lowest BCUT2D eigenvalue weighted by molar-refractivity contribution is 0.184. The molecule has 0 saturated carbocycles. The zero-order valence-corrected chi connectivity index (χ0v) is 16.2. The number of amides is 2. The van der Waals surface area contributed by atoms with Crippen molar-refractivity contribution in [3.05, 3.63) is 84.4 Å². The molecule has 0 unspecified atom stereocenters. The summed E-state index contributed by atoms with van der Waals surface area (Å²) in [6, 6.07) is 23.7. The van der Waals surface area contributed by atoms with Crippen LogP contribution in [0.2, 0.25) is 0 Å². The van der Waals surface area contributed by atoms with E-state index >= 15 is 0 Å². The van der Waals surface area contributed by atoms with E-state index in [1.807, 2.05) is 66.7 Å². The minimum absolute atomic E-state index is 0.148. The second kappa shape index (κ2) is 10.1. The number of benzene rings is 3. The molecule has 0 heterocycles. The lowest BCUT2D eigenvalue weighted by Gasteiger charge is -2.24. The zero-order chi connectivity index (χ0) is 20.5. The van der Waals surface area contributed by atoms with Crippen molar-refractivity contribution >= 4 is 11.7 Å². The van der Waals surface area contributed by atoms with Gasteiger partial charge in [0.15, 0.2) is 5.75 Å². The summed E-state index contributed by atoms with van der Waals surface area (Å²) in [6.45, 7) is 0.342. The molecule has 3 aromatic carbocycles. The Labute approximate surface area is 170 Å². The van der Waals surface area contributed by atoms with Gasteiger partial charge in [-0.25, -0.2) is 4.79 Å². The van der Waals surface area contributed by atoms with Crippen LogP contribution >= 0.6 is 0 Å². The van der Waals surface area contributed by atoms with Gasteiger partial charge in [0.05, 0.1) is 25.9 Å². The number of hydrogen-bond acceptors (Lipinski definition) is 4. The van der Waals surface area contributed by atoms with Crippen LogP contribution in [0.5, 0.6) is 17.2 Å². The maximum atomic E-state index is 12.9. The Morgan fingerprint density at radius 2 is 1.59 bits per heavy atom. The number of carbonyl (C=O) groups excluding carboxylic acids is 1. The van der Waals surface area contributed by atoms with Crippen LogP contribution in [0.3, 0.4) is 0 Å². The van der Waals surface area contributed by atoms with Crippen molar-refractivity contribution in [1.29, 1.82) is 0 Å². The number of nitrogens with zero attached hydrogens (tertiary/aromatic N) is 1. The van der Waals surface area contributed by atoms with Crippen molar-refractivity contribution in [2.24, 2.45) is 0 Å². The topological polar surface area (TPSA) is 71.0 Å². The summed E-state index contributed by atoms with van der Waals surface area (Å²) in [5.74, 6) is 1.90. The normalized spacial score (nSPS) is 10.3. The second-order valence-corrected chi connectivity index (χ2v) is 6.30. The highest BCUT2D eigenvalue weighted by Gasteiger charge is 2.17. The molecule has 0 aliphatic carbocycles. The maximum Gasteiger partial charge on any atom is 0.322 e. The maximum absolute atomic E-state index is 12.9. The van der Waals surface area contributed by atoms with Gasteiger partial charge in [0.25, 0.3) is 0 Å². The molecule has 2 amide bonds. The molecule has 0 bridgehead atoms. The number of methoxy groups -OCH3 is 1. The van der Waals surface area contributed by atoms with Gasteiger partial charge in [0.1, 0.15) is 11.5 Å². The number of para-hydroxylation sites is 4. The highest BCUT2D eigenvalue weighted by molar-refractivity contribution is 5.91. The summed E-state index contributed by atoms with van der Waals surface area (Å²) in [5.41, 5.74) is 1.40. The van der Waals surface area contributed by atoms with Crippen LogP contribution in [0.25, 0.3) is 0 Å². The minimum atomic E-state index is -0.339. The molecule has 150 valence electrons. The summed E-state index contributed by atoms with van der Waals surface area (Å²) in [5, 5.41) is 12.3. The third kappa shape index (κ3) is 5.49. The highest BCUT2D eigenvalue weighted by atomic mass is 16.5. The third-order valence-electron chi connectivity index (χ3n) is 4.31. The van der Waals surface area contributed by atoms with Crippen LogP contribution in [0.15, 0.2) is 78.9 Å². The van der Waals surface area contributed by atoms with Crippen molar-refractivity contribution in [3.8, 4) is 17.2 Å². The molecular formula is C23H24N2O4. The first-order valence-electron chi connectivity index (χ1n) is 9.32. The molecule has 0 saturated heterocycles. The van der Waals surface area contributed by atoms with Crippen molar-refractivity contribution in [2.45, 2.75) is 6.54 Å². The van der Waals surface area contributed by atoms with Gasteiger partial charge in [0.2, 0.25) is 0 Å². The SMILES string of the molecule is COc1ccccc1CN(CCO)C(=O)Nc1ccccc1Oc1ccccc1. The summed E-state index contributed by atoms with van der Waals surface area (Å²) in [4.78, 5) is 14.4. The number of aliphatic hydroxyl groups is 1. The number of ether oxygens (including phenoxy) is 2. The van der Waals surface area contributed by atoms with Crippen LogP contribution in [0.4, 0.5) is 10.5 Å². The highest BCUT2D eigenvalue weighted by Crippen LogP contribution is 2.29.